The van der Waals surface area contributed by atoms with E-state index < -0.39 is 12.1 Å². The zero-order chi connectivity index (χ0) is 12.4. The molecule has 0 atom stereocenters. The second-order valence-corrected chi connectivity index (χ2v) is 4.60. The summed E-state index contributed by atoms with van der Waals surface area (Å²) in [5.74, 6) is 0. The zero-order valence-electron chi connectivity index (χ0n) is 9.20. The van der Waals surface area contributed by atoms with Gasteiger partial charge in [-0.1, -0.05) is 30.9 Å². The Kier molecular flexibility index (Phi) is 3.76. The highest BCUT2D eigenvalue weighted by atomic mass is 35.5. The molecular formula is C11H13ClF2N2O. The van der Waals surface area contributed by atoms with E-state index in [0.29, 0.717) is 6.29 Å². The Hall–Kier alpha value is -0.970. The van der Waals surface area contributed by atoms with Gasteiger partial charge in [-0.25, -0.2) is 13.5 Å². The fraction of sp³-hybridized carbons (Fsp3) is 0.636. The number of aromatic nitrogens is 2. The van der Waals surface area contributed by atoms with Crippen molar-refractivity contribution < 1.29 is 13.6 Å². The van der Waals surface area contributed by atoms with E-state index in [9.17, 15) is 13.6 Å². The van der Waals surface area contributed by atoms with Crippen LogP contribution in [-0.2, 0) is 0 Å². The molecule has 94 valence electrons. The molecule has 1 saturated carbocycles. The lowest BCUT2D eigenvalue weighted by molar-refractivity contribution is 0.110. The van der Waals surface area contributed by atoms with Crippen LogP contribution >= 0.6 is 11.6 Å². The Balaban J connectivity index is 2.36. The number of carbonyl (C=O) groups excluding carboxylic acids is 1. The molecule has 0 radical (unpaired) electrons. The standard InChI is InChI=1S/C11H13ClF2N2O/c12-10-8(6-17)9(11(13)14)15-16(10)7-4-2-1-3-5-7/h6-7,11H,1-5H2. The number of hydrogen-bond acceptors (Lipinski definition) is 2. The molecule has 17 heavy (non-hydrogen) atoms. The summed E-state index contributed by atoms with van der Waals surface area (Å²) in [6.07, 6.45) is 2.58. The van der Waals surface area contributed by atoms with Crippen LogP contribution in [0.15, 0.2) is 0 Å². The van der Waals surface area contributed by atoms with Gasteiger partial charge in [-0.05, 0) is 12.8 Å². The van der Waals surface area contributed by atoms with Crippen LogP contribution in [0.1, 0.15) is 60.6 Å². The molecule has 1 aromatic rings. The normalized spacial score (nSPS) is 17.6. The number of rotatable bonds is 3. The average molecular weight is 263 g/mol. The molecule has 0 amide bonds. The SMILES string of the molecule is O=Cc1c(C(F)F)nn(C2CCCCC2)c1Cl. The Morgan fingerprint density at radius 3 is 2.47 bits per heavy atom. The van der Waals surface area contributed by atoms with Crippen LogP contribution in [0.2, 0.25) is 5.15 Å². The third kappa shape index (κ3) is 2.34. The Morgan fingerprint density at radius 2 is 2.00 bits per heavy atom. The minimum absolute atomic E-state index is 0.0437. The summed E-state index contributed by atoms with van der Waals surface area (Å²) >= 11 is 5.94. The molecule has 1 aromatic heterocycles. The number of nitrogens with zero attached hydrogens (tertiary/aromatic N) is 2. The molecule has 1 fully saturated rings. The second kappa shape index (κ2) is 5.12. The molecule has 0 aliphatic heterocycles. The van der Waals surface area contributed by atoms with Gasteiger partial charge in [0.1, 0.15) is 10.8 Å². The molecule has 6 heteroatoms. The maximum atomic E-state index is 12.7. The Bertz CT molecular complexity index is 414. The summed E-state index contributed by atoms with van der Waals surface area (Å²) in [7, 11) is 0. The van der Waals surface area contributed by atoms with Crippen LogP contribution in [0.4, 0.5) is 8.78 Å². The average Bonchev–Trinajstić information content (AvgIpc) is 2.67. The summed E-state index contributed by atoms with van der Waals surface area (Å²) in [6, 6.07) is 0.0439. The van der Waals surface area contributed by atoms with E-state index in [4.69, 9.17) is 11.6 Å². The smallest absolute Gasteiger partial charge is 0.282 e. The van der Waals surface area contributed by atoms with Gasteiger partial charge in [0.05, 0.1) is 11.6 Å². The van der Waals surface area contributed by atoms with E-state index in [1.807, 2.05) is 0 Å². The molecular weight excluding hydrogens is 250 g/mol. The molecule has 0 spiro atoms. The largest absolute Gasteiger partial charge is 0.298 e. The number of carbonyl (C=O) groups is 1. The molecule has 1 aliphatic carbocycles. The van der Waals surface area contributed by atoms with Gasteiger partial charge < -0.3 is 0 Å². The van der Waals surface area contributed by atoms with Crippen LogP contribution in [-0.4, -0.2) is 16.1 Å². The van der Waals surface area contributed by atoms with Gasteiger partial charge in [-0.3, -0.25) is 4.79 Å². The van der Waals surface area contributed by atoms with E-state index in [1.54, 1.807) is 0 Å². The van der Waals surface area contributed by atoms with E-state index in [2.05, 4.69) is 5.10 Å². The van der Waals surface area contributed by atoms with Gasteiger partial charge in [0.25, 0.3) is 6.43 Å². The fourth-order valence-corrected chi connectivity index (χ4v) is 2.60. The first-order valence-corrected chi connectivity index (χ1v) is 6.04. The summed E-state index contributed by atoms with van der Waals surface area (Å²) in [6.45, 7) is 0. The van der Waals surface area contributed by atoms with E-state index in [1.165, 1.54) is 4.68 Å². The summed E-state index contributed by atoms with van der Waals surface area (Å²) in [5, 5.41) is 3.85. The van der Waals surface area contributed by atoms with Gasteiger partial charge in [-0.15, -0.1) is 0 Å². The predicted octanol–water partition coefficient (Wildman–Crippen LogP) is 3.79. The number of hydrogen-bond donors (Lipinski definition) is 0. The molecule has 0 saturated heterocycles. The quantitative estimate of drug-likeness (QED) is 0.777. The zero-order valence-corrected chi connectivity index (χ0v) is 9.96. The van der Waals surface area contributed by atoms with E-state index in [-0.39, 0.29) is 16.8 Å². The van der Waals surface area contributed by atoms with Gasteiger partial charge >= 0.3 is 0 Å². The molecule has 2 rings (SSSR count). The minimum Gasteiger partial charge on any atom is -0.298 e. The number of alkyl halides is 2. The molecule has 0 bridgehead atoms. The van der Waals surface area contributed by atoms with Crippen molar-refractivity contribution in [1.82, 2.24) is 9.78 Å². The van der Waals surface area contributed by atoms with Crippen molar-refractivity contribution in [2.24, 2.45) is 0 Å². The van der Waals surface area contributed by atoms with Crippen molar-refractivity contribution in [3.63, 3.8) is 0 Å². The number of aldehydes is 1. The first-order valence-electron chi connectivity index (χ1n) is 5.66. The van der Waals surface area contributed by atoms with Gasteiger partial charge in [0.2, 0.25) is 0 Å². The van der Waals surface area contributed by atoms with Crippen molar-refractivity contribution in [2.45, 2.75) is 44.6 Å². The highest BCUT2D eigenvalue weighted by Gasteiger charge is 2.26. The number of halogens is 3. The lowest BCUT2D eigenvalue weighted by Gasteiger charge is -2.22. The van der Waals surface area contributed by atoms with Crippen LogP contribution in [0, 0.1) is 0 Å². The minimum atomic E-state index is -2.77. The molecule has 0 unspecified atom stereocenters. The van der Waals surface area contributed by atoms with Crippen LogP contribution in [0.3, 0.4) is 0 Å². The maximum Gasteiger partial charge on any atom is 0.282 e. The molecule has 0 N–H and O–H groups in total. The fourth-order valence-electron chi connectivity index (χ4n) is 2.28. The lowest BCUT2D eigenvalue weighted by atomic mass is 9.96. The summed E-state index contributed by atoms with van der Waals surface area (Å²) in [4.78, 5) is 10.8. The monoisotopic (exact) mass is 262 g/mol. The predicted molar refractivity (Wildman–Crippen MR) is 59.7 cm³/mol. The van der Waals surface area contributed by atoms with Crippen molar-refractivity contribution in [2.75, 3.05) is 0 Å². The van der Waals surface area contributed by atoms with E-state index >= 15 is 0 Å². The van der Waals surface area contributed by atoms with Crippen molar-refractivity contribution in [1.29, 1.82) is 0 Å². The molecule has 3 nitrogen and oxygen atoms in total. The van der Waals surface area contributed by atoms with Gasteiger partial charge in [-0.2, -0.15) is 5.10 Å². The highest BCUT2D eigenvalue weighted by Crippen LogP contribution is 2.34. The van der Waals surface area contributed by atoms with Crippen LogP contribution < -0.4 is 0 Å². The first-order chi connectivity index (χ1) is 8.15. The van der Waals surface area contributed by atoms with Crippen LogP contribution in [0.5, 0.6) is 0 Å². The Labute approximate surface area is 103 Å². The molecule has 1 heterocycles. The van der Waals surface area contributed by atoms with Crippen molar-refractivity contribution in [3.8, 4) is 0 Å². The van der Waals surface area contributed by atoms with Gasteiger partial charge in [0.15, 0.2) is 6.29 Å². The highest BCUT2D eigenvalue weighted by molar-refractivity contribution is 6.32. The summed E-state index contributed by atoms with van der Waals surface area (Å²) in [5.41, 5.74) is -0.678. The molecule has 0 aromatic carbocycles. The van der Waals surface area contributed by atoms with Gasteiger partial charge in [0, 0.05) is 0 Å². The lowest BCUT2D eigenvalue weighted by Crippen LogP contribution is -2.14. The van der Waals surface area contributed by atoms with Crippen LogP contribution in [0.25, 0.3) is 0 Å². The topological polar surface area (TPSA) is 34.9 Å². The third-order valence-corrected chi connectivity index (χ3v) is 3.54. The second-order valence-electron chi connectivity index (χ2n) is 4.24. The summed E-state index contributed by atoms with van der Waals surface area (Å²) < 4.78 is 26.8. The molecule has 1 aliphatic rings. The van der Waals surface area contributed by atoms with E-state index in [0.717, 1.165) is 32.1 Å². The Morgan fingerprint density at radius 1 is 1.35 bits per heavy atom. The van der Waals surface area contributed by atoms with Crippen molar-refractivity contribution in [3.05, 3.63) is 16.4 Å². The third-order valence-electron chi connectivity index (χ3n) is 3.16. The maximum absolute atomic E-state index is 12.7. The van der Waals surface area contributed by atoms with Crippen molar-refractivity contribution >= 4 is 17.9 Å². The first kappa shape index (κ1) is 12.5.